The van der Waals surface area contributed by atoms with Crippen LogP contribution in [-0.4, -0.2) is 0 Å². The fraction of sp³-hybridized carbons (Fsp3) is 0.300. The third-order valence-electron chi connectivity index (χ3n) is 13.0. The molecule has 0 radical (unpaired) electrons. The number of anilines is 6. The molecule has 0 aliphatic heterocycles. The van der Waals surface area contributed by atoms with E-state index in [9.17, 15) is 0 Å². The summed E-state index contributed by atoms with van der Waals surface area (Å²) in [5, 5.41) is 7.48. The van der Waals surface area contributed by atoms with E-state index in [0.717, 1.165) is 12.8 Å². The fourth-order valence-corrected chi connectivity index (χ4v) is 9.29. The largest absolute Gasteiger partial charge is 0.310 e. The molecule has 0 amide bonds. The van der Waals surface area contributed by atoms with Crippen molar-refractivity contribution in [3.05, 3.63) is 180 Å². The minimum Gasteiger partial charge on any atom is -0.310 e. The van der Waals surface area contributed by atoms with Gasteiger partial charge in [-0.2, -0.15) is 0 Å². The van der Waals surface area contributed by atoms with Gasteiger partial charge in [-0.1, -0.05) is 177 Å². The maximum Gasteiger partial charge on any atom is 0.0546 e. The van der Waals surface area contributed by atoms with Gasteiger partial charge in [-0.3, -0.25) is 0 Å². The minimum atomic E-state index is 0.466. The maximum absolute atomic E-state index is 2.49. The lowest BCUT2D eigenvalue weighted by Crippen LogP contribution is -2.12. The average Bonchev–Trinajstić information content (AvgIpc) is 3.31. The van der Waals surface area contributed by atoms with Crippen molar-refractivity contribution in [3.63, 3.8) is 0 Å². The predicted molar refractivity (Wildman–Crippen MR) is 272 cm³/mol. The summed E-state index contributed by atoms with van der Waals surface area (Å²) < 4.78 is 0. The Labute approximate surface area is 372 Å². The van der Waals surface area contributed by atoms with Crippen molar-refractivity contribution in [1.82, 2.24) is 0 Å². The van der Waals surface area contributed by atoms with Gasteiger partial charge in [-0.15, -0.1) is 0 Å². The van der Waals surface area contributed by atoms with Gasteiger partial charge in [0.1, 0.15) is 0 Å². The van der Waals surface area contributed by atoms with Crippen LogP contribution in [0.4, 0.5) is 34.1 Å². The molecular formula is C60H66N2. The summed E-state index contributed by atoms with van der Waals surface area (Å²) in [6.07, 6.45) is 12.4. The van der Waals surface area contributed by atoms with Crippen molar-refractivity contribution in [2.75, 3.05) is 9.80 Å². The van der Waals surface area contributed by atoms with Crippen molar-refractivity contribution < 1.29 is 0 Å². The number of hydrogen-bond acceptors (Lipinski definition) is 2. The van der Waals surface area contributed by atoms with Crippen LogP contribution >= 0.6 is 0 Å². The van der Waals surface area contributed by atoms with Gasteiger partial charge in [0, 0.05) is 33.5 Å². The summed E-state index contributed by atoms with van der Waals surface area (Å²) in [4.78, 5) is 4.98. The molecule has 0 aliphatic rings. The Morgan fingerprint density at radius 2 is 0.661 bits per heavy atom. The highest BCUT2D eigenvalue weighted by Crippen LogP contribution is 2.48. The van der Waals surface area contributed by atoms with Crippen LogP contribution in [0.25, 0.3) is 32.3 Å². The summed E-state index contributed by atoms with van der Waals surface area (Å²) in [6.45, 7) is 13.7. The lowest BCUT2D eigenvalue weighted by molar-refractivity contribution is 0.667. The molecule has 0 bridgehead atoms. The van der Waals surface area contributed by atoms with Crippen molar-refractivity contribution in [2.24, 2.45) is 0 Å². The molecule has 8 aromatic carbocycles. The molecule has 0 spiro atoms. The molecule has 0 atom stereocenters. The second kappa shape index (κ2) is 19.9. The summed E-state index contributed by atoms with van der Waals surface area (Å²) in [7, 11) is 0. The average molecular weight is 815 g/mol. The van der Waals surface area contributed by atoms with Crippen LogP contribution < -0.4 is 9.80 Å². The Bertz CT molecular complexity index is 2500. The van der Waals surface area contributed by atoms with Crippen LogP contribution in [-0.2, 0) is 12.8 Å². The van der Waals surface area contributed by atoms with E-state index < -0.39 is 0 Å². The summed E-state index contributed by atoms with van der Waals surface area (Å²) in [6, 6.07) is 60.3. The molecule has 62 heavy (non-hydrogen) atoms. The molecular weight excluding hydrogens is 749 g/mol. The van der Waals surface area contributed by atoms with Gasteiger partial charge in [-0.05, 0) is 142 Å². The molecule has 316 valence electrons. The maximum atomic E-state index is 2.49. The Morgan fingerprint density at radius 3 is 0.984 bits per heavy atom. The first kappa shape index (κ1) is 42.8. The Hall–Kier alpha value is -5.86. The zero-order chi connectivity index (χ0) is 43.0. The molecule has 0 saturated carbocycles. The van der Waals surface area contributed by atoms with Gasteiger partial charge in [0.2, 0.25) is 0 Å². The van der Waals surface area contributed by atoms with E-state index in [1.165, 1.54) is 140 Å². The Kier molecular flexibility index (Phi) is 13.7. The predicted octanol–water partition coefficient (Wildman–Crippen LogP) is 18.6. The van der Waals surface area contributed by atoms with E-state index in [1.54, 1.807) is 0 Å². The summed E-state index contributed by atoms with van der Waals surface area (Å²) in [5.74, 6) is 0.931. The molecule has 0 N–H and O–H groups in total. The van der Waals surface area contributed by atoms with Gasteiger partial charge in [-0.25, -0.2) is 0 Å². The number of aryl methyl sites for hydroxylation is 2. The zero-order valence-electron chi connectivity index (χ0n) is 38.1. The fourth-order valence-electron chi connectivity index (χ4n) is 9.29. The number of rotatable bonds is 18. The molecule has 0 unspecified atom stereocenters. The number of hydrogen-bond donors (Lipinski definition) is 0. The highest BCUT2D eigenvalue weighted by molar-refractivity contribution is 6.24. The molecule has 8 rings (SSSR count). The van der Waals surface area contributed by atoms with Crippen LogP contribution in [0.5, 0.6) is 0 Å². The normalized spacial score (nSPS) is 11.7. The molecule has 0 aromatic heterocycles. The van der Waals surface area contributed by atoms with Gasteiger partial charge in [0.25, 0.3) is 0 Å². The first-order chi connectivity index (χ1) is 30.3. The van der Waals surface area contributed by atoms with E-state index in [4.69, 9.17) is 0 Å². The third-order valence-corrected chi connectivity index (χ3v) is 13.0. The van der Waals surface area contributed by atoms with Crippen molar-refractivity contribution in [3.8, 4) is 0 Å². The van der Waals surface area contributed by atoms with E-state index in [1.807, 2.05) is 0 Å². The molecule has 2 heteroatoms. The summed E-state index contributed by atoms with van der Waals surface area (Å²) >= 11 is 0. The number of nitrogens with zero attached hydrogens (tertiary/aromatic N) is 2. The van der Waals surface area contributed by atoms with E-state index in [-0.39, 0.29) is 0 Å². The highest BCUT2D eigenvalue weighted by Gasteiger charge is 2.22. The third kappa shape index (κ3) is 9.31. The van der Waals surface area contributed by atoms with E-state index in [2.05, 4.69) is 209 Å². The van der Waals surface area contributed by atoms with E-state index in [0.29, 0.717) is 11.8 Å². The molecule has 0 saturated heterocycles. The molecule has 8 aromatic rings. The minimum absolute atomic E-state index is 0.466. The van der Waals surface area contributed by atoms with Gasteiger partial charge < -0.3 is 9.80 Å². The van der Waals surface area contributed by atoms with Gasteiger partial charge >= 0.3 is 0 Å². The Balaban J connectivity index is 1.32. The van der Waals surface area contributed by atoms with E-state index >= 15 is 0 Å². The monoisotopic (exact) mass is 815 g/mol. The van der Waals surface area contributed by atoms with Crippen molar-refractivity contribution >= 4 is 66.4 Å². The number of fused-ring (bicyclic) bond motifs is 5. The van der Waals surface area contributed by atoms with Gasteiger partial charge in [0.15, 0.2) is 0 Å². The van der Waals surface area contributed by atoms with Crippen LogP contribution in [0.3, 0.4) is 0 Å². The molecule has 0 fully saturated rings. The first-order valence-electron chi connectivity index (χ1n) is 23.7. The smallest absolute Gasteiger partial charge is 0.0546 e. The lowest BCUT2D eigenvalue weighted by Gasteiger charge is -2.30. The SMILES string of the molecule is CCCCCCc1ccc(N(c2ccc(C(C)C)cc2)c2cc3c4ccccc4c(N(c4ccc(CCCCCC)cc4)c4ccc(C(C)C)cc4)cc3c3ccccc23)cc1. The van der Waals surface area contributed by atoms with Crippen LogP contribution in [0.15, 0.2) is 158 Å². The number of benzene rings is 8. The summed E-state index contributed by atoms with van der Waals surface area (Å²) in [5.41, 5.74) is 12.6. The number of unbranched alkanes of at least 4 members (excludes halogenated alkanes) is 6. The Morgan fingerprint density at radius 1 is 0.339 bits per heavy atom. The second-order valence-corrected chi connectivity index (χ2v) is 18.1. The molecule has 0 heterocycles. The lowest BCUT2D eigenvalue weighted by atomic mass is 9.93. The topological polar surface area (TPSA) is 6.48 Å². The zero-order valence-corrected chi connectivity index (χ0v) is 38.1. The van der Waals surface area contributed by atoms with Crippen molar-refractivity contribution in [2.45, 2.75) is 118 Å². The van der Waals surface area contributed by atoms with Crippen LogP contribution in [0.2, 0.25) is 0 Å². The molecule has 2 nitrogen and oxygen atoms in total. The highest BCUT2D eigenvalue weighted by atomic mass is 15.1. The first-order valence-corrected chi connectivity index (χ1v) is 23.7. The standard InChI is InChI=1S/C60H66N2/c1-7-9-11-13-19-45-25-33-49(34-26-45)61(51-37-29-47(30-38-51)43(3)4)59-41-57-54-22-16-18-24-56(54)60(42-58(57)53-21-15-17-23-55(53)59)62(52-39-31-48(32-40-52)44(5)6)50-35-27-46(28-36-50)20-14-12-10-8-2/h15-18,21-44H,7-14,19-20H2,1-6H3. The van der Waals surface area contributed by atoms with Crippen LogP contribution in [0.1, 0.15) is 127 Å². The molecule has 0 aliphatic carbocycles. The quantitative estimate of drug-likeness (QED) is 0.0629. The van der Waals surface area contributed by atoms with Crippen molar-refractivity contribution in [1.29, 1.82) is 0 Å². The second-order valence-electron chi connectivity index (χ2n) is 18.1. The van der Waals surface area contributed by atoms with Crippen LogP contribution in [0, 0.1) is 0 Å². The van der Waals surface area contributed by atoms with Gasteiger partial charge in [0.05, 0.1) is 11.4 Å².